The molecular weight excluding hydrogens is 334 g/mol. The zero-order chi connectivity index (χ0) is 15.5. The van der Waals surface area contributed by atoms with E-state index in [9.17, 15) is 5.11 Å². The van der Waals surface area contributed by atoms with Crippen molar-refractivity contribution in [1.82, 2.24) is 14.7 Å². The summed E-state index contributed by atoms with van der Waals surface area (Å²) in [5.74, 6) is 0. The van der Waals surface area contributed by atoms with Gasteiger partial charge in [-0.2, -0.15) is 5.10 Å². The molecule has 0 bridgehead atoms. The van der Waals surface area contributed by atoms with Crippen LogP contribution in [0.4, 0.5) is 0 Å². The van der Waals surface area contributed by atoms with Crippen LogP contribution in [0.15, 0.2) is 10.7 Å². The molecule has 1 heterocycles. The van der Waals surface area contributed by atoms with Crippen molar-refractivity contribution in [1.29, 1.82) is 0 Å². The second kappa shape index (κ2) is 7.22. The summed E-state index contributed by atoms with van der Waals surface area (Å²) in [6.07, 6.45) is 5.17. The van der Waals surface area contributed by atoms with Crippen molar-refractivity contribution in [3.63, 3.8) is 0 Å². The number of aliphatic hydroxyl groups excluding tert-OH is 1. The summed E-state index contributed by atoms with van der Waals surface area (Å²) in [7, 11) is 4.07. The van der Waals surface area contributed by atoms with E-state index < -0.39 is 11.7 Å². The smallest absolute Gasteiger partial charge is 0.126 e. The van der Waals surface area contributed by atoms with Crippen molar-refractivity contribution < 1.29 is 9.84 Å². The summed E-state index contributed by atoms with van der Waals surface area (Å²) >= 11 is 3.53. The third-order valence-electron chi connectivity index (χ3n) is 4.23. The first-order valence-electron chi connectivity index (χ1n) is 7.68. The second-order valence-corrected chi connectivity index (χ2v) is 6.87. The SMILES string of the molecule is CCOC1(C(O)c2c(Br)cnn2CCN(C)C)CCCC1. The van der Waals surface area contributed by atoms with Gasteiger partial charge in [0.05, 0.1) is 28.5 Å². The second-order valence-electron chi connectivity index (χ2n) is 6.01. The highest BCUT2D eigenvalue weighted by Gasteiger charge is 2.44. The Morgan fingerprint density at radius 3 is 2.71 bits per heavy atom. The molecule has 0 amide bonds. The van der Waals surface area contributed by atoms with E-state index in [0.29, 0.717) is 6.61 Å². The zero-order valence-electron chi connectivity index (χ0n) is 13.2. The number of hydrogen-bond donors (Lipinski definition) is 1. The summed E-state index contributed by atoms with van der Waals surface area (Å²) in [6.45, 7) is 4.26. The van der Waals surface area contributed by atoms with Crippen LogP contribution in [-0.4, -0.2) is 52.6 Å². The number of aliphatic hydroxyl groups is 1. The van der Waals surface area contributed by atoms with Crippen molar-refractivity contribution >= 4 is 15.9 Å². The van der Waals surface area contributed by atoms with Crippen LogP contribution >= 0.6 is 15.9 Å². The van der Waals surface area contributed by atoms with Gasteiger partial charge in [0.25, 0.3) is 0 Å². The fraction of sp³-hybridized carbons (Fsp3) is 0.800. The van der Waals surface area contributed by atoms with Gasteiger partial charge in [0.1, 0.15) is 6.10 Å². The maximum Gasteiger partial charge on any atom is 0.126 e. The number of rotatable bonds is 7. The number of aromatic nitrogens is 2. The van der Waals surface area contributed by atoms with Gasteiger partial charge in [-0.05, 0) is 49.8 Å². The van der Waals surface area contributed by atoms with Crippen molar-refractivity contribution in [3.8, 4) is 0 Å². The molecular formula is C15H26BrN3O2. The molecule has 5 nitrogen and oxygen atoms in total. The van der Waals surface area contributed by atoms with Crippen LogP contribution in [0.3, 0.4) is 0 Å². The Bertz CT molecular complexity index is 456. The van der Waals surface area contributed by atoms with Gasteiger partial charge in [-0.15, -0.1) is 0 Å². The fourth-order valence-corrected chi connectivity index (χ4v) is 3.64. The molecule has 0 saturated heterocycles. The van der Waals surface area contributed by atoms with Gasteiger partial charge in [-0.3, -0.25) is 4.68 Å². The van der Waals surface area contributed by atoms with E-state index in [0.717, 1.165) is 48.9 Å². The van der Waals surface area contributed by atoms with E-state index >= 15 is 0 Å². The van der Waals surface area contributed by atoms with E-state index in [4.69, 9.17) is 4.74 Å². The molecule has 6 heteroatoms. The van der Waals surface area contributed by atoms with Gasteiger partial charge >= 0.3 is 0 Å². The Balaban J connectivity index is 2.24. The average molecular weight is 360 g/mol. The van der Waals surface area contributed by atoms with Gasteiger partial charge in [0.15, 0.2) is 0 Å². The molecule has 120 valence electrons. The van der Waals surface area contributed by atoms with Crippen molar-refractivity contribution in [3.05, 3.63) is 16.4 Å². The molecule has 2 rings (SSSR count). The predicted octanol–water partition coefficient (Wildman–Crippen LogP) is 2.59. The van der Waals surface area contributed by atoms with E-state index in [1.54, 1.807) is 6.20 Å². The van der Waals surface area contributed by atoms with E-state index in [2.05, 4.69) is 25.9 Å². The minimum Gasteiger partial charge on any atom is -0.384 e. The van der Waals surface area contributed by atoms with Crippen LogP contribution < -0.4 is 0 Å². The number of halogens is 1. The third-order valence-corrected chi connectivity index (χ3v) is 4.84. The number of nitrogens with zero attached hydrogens (tertiary/aromatic N) is 3. The van der Waals surface area contributed by atoms with Gasteiger partial charge in [-0.1, -0.05) is 12.8 Å². The van der Waals surface area contributed by atoms with Gasteiger partial charge in [0.2, 0.25) is 0 Å². The summed E-state index contributed by atoms with van der Waals surface area (Å²) in [5, 5.41) is 15.4. The van der Waals surface area contributed by atoms with E-state index in [1.165, 1.54) is 0 Å². The highest BCUT2D eigenvalue weighted by Crippen LogP contribution is 2.44. The molecule has 1 aromatic heterocycles. The predicted molar refractivity (Wildman–Crippen MR) is 86.3 cm³/mol. The normalized spacial score (nSPS) is 19.3. The summed E-state index contributed by atoms with van der Waals surface area (Å²) < 4.78 is 8.75. The Kier molecular flexibility index (Phi) is 5.82. The minimum atomic E-state index is -0.640. The Morgan fingerprint density at radius 1 is 1.48 bits per heavy atom. The van der Waals surface area contributed by atoms with Crippen LogP contribution in [-0.2, 0) is 11.3 Å². The van der Waals surface area contributed by atoms with Crippen LogP contribution in [0.25, 0.3) is 0 Å². The number of ether oxygens (including phenoxy) is 1. The maximum absolute atomic E-state index is 11.0. The van der Waals surface area contributed by atoms with Crippen LogP contribution in [0.5, 0.6) is 0 Å². The summed E-state index contributed by atoms with van der Waals surface area (Å²) in [4.78, 5) is 2.11. The monoisotopic (exact) mass is 359 g/mol. The standard InChI is InChI=1S/C15H26BrN3O2/c1-4-21-15(7-5-6-8-15)14(20)13-12(16)11-17-19(13)10-9-18(2)3/h11,14,20H,4-10H2,1-3H3. The molecule has 1 aliphatic rings. The van der Waals surface area contributed by atoms with E-state index in [1.807, 2.05) is 25.7 Å². The Morgan fingerprint density at radius 2 is 2.14 bits per heavy atom. The molecule has 1 aromatic rings. The van der Waals surface area contributed by atoms with Crippen LogP contribution in [0.2, 0.25) is 0 Å². The zero-order valence-corrected chi connectivity index (χ0v) is 14.8. The van der Waals surface area contributed by atoms with Gasteiger partial charge in [-0.25, -0.2) is 0 Å². The first-order valence-corrected chi connectivity index (χ1v) is 8.47. The quantitative estimate of drug-likeness (QED) is 0.812. The fourth-order valence-electron chi connectivity index (χ4n) is 3.12. The first-order chi connectivity index (χ1) is 10.00. The summed E-state index contributed by atoms with van der Waals surface area (Å²) in [6, 6.07) is 0. The van der Waals surface area contributed by atoms with E-state index in [-0.39, 0.29) is 0 Å². The maximum atomic E-state index is 11.0. The van der Waals surface area contributed by atoms with Gasteiger partial charge < -0.3 is 14.7 Å². The molecule has 1 N–H and O–H groups in total. The topological polar surface area (TPSA) is 50.5 Å². The molecule has 1 unspecified atom stereocenters. The van der Waals surface area contributed by atoms with Crippen molar-refractivity contribution in [2.45, 2.75) is 50.9 Å². The lowest BCUT2D eigenvalue weighted by molar-refractivity contribution is -0.121. The lowest BCUT2D eigenvalue weighted by Crippen LogP contribution is -2.38. The molecule has 1 fully saturated rings. The highest BCUT2D eigenvalue weighted by molar-refractivity contribution is 9.10. The lowest BCUT2D eigenvalue weighted by Gasteiger charge is -2.34. The van der Waals surface area contributed by atoms with Crippen molar-refractivity contribution in [2.75, 3.05) is 27.2 Å². The third kappa shape index (κ3) is 3.67. The number of hydrogen-bond acceptors (Lipinski definition) is 4. The average Bonchev–Trinajstić information content (AvgIpc) is 3.04. The lowest BCUT2D eigenvalue weighted by atomic mass is 9.92. The van der Waals surface area contributed by atoms with Crippen LogP contribution in [0.1, 0.15) is 44.4 Å². The number of likely N-dealkylation sites (N-methyl/N-ethyl adjacent to an activating group) is 1. The summed E-state index contributed by atoms with van der Waals surface area (Å²) in [5.41, 5.74) is 0.389. The minimum absolute atomic E-state index is 0.451. The Labute approximate surface area is 135 Å². The molecule has 1 aliphatic carbocycles. The van der Waals surface area contributed by atoms with Crippen molar-refractivity contribution in [2.24, 2.45) is 0 Å². The molecule has 21 heavy (non-hydrogen) atoms. The highest BCUT2D eigenvalue weighted by atomic mass is 79.9. The molecule has 1 atom stereocenters. The molecule has 1 saturated carbocycles. The van der Waals surface area contributed by atoms with Crippen LogP contribution in [0, 0.1) is 0 Å². The molecule has 0 aliphatic heterocycles. The first kappa shape index (κ1) is 16.9. The largest absolute Gasteiger partial charge is 0.384 e. The molecule has 0 radical (unpaired) electrons. The Hall–Kier alpha value is -0.430. The molecule has 0 aromatic carbocycles. The molecule has 0 spiro atoms. The van der Waals surface area contributed by atoms with Gasteiger partial charge in [0, 0.05) is 13.2 Å².